The van der Waals surface area contributed by atoms with Gasteiger partial charge in [-0.25, -0.2) is 0 Å². The fraction of sp³-hybridized carbons (Fsp3) is 0.118. The standard InChI is InChI=1S/C17H16N8O/c1-24-9-11(8-19-24)13-7-14(22-21-13)17(26)20-15-10-25(2)23-16(15)12-5-3-4-6-18-12/h3-10H,1-2H3,(H,20,26)(H,21,22). The van der Waals surface area contributed by atoms with Gasteiger partial charge >= 0.3 is 0 Å². The number of amides is 1. The zero-order chi connectivity index (χ0) is 18.1. The SMILES string of the molecule is Cn1cc(-c2cc(C(=O)Nc3cn(C)nc3-c3ccccn3)[nH]n2)cn1. The number of pyridine rings is 1. The van der Waals surface area contributed by atoms with Crippen LogP contribution in [0.15, 0.2) is 49.1 Å². The van der Waals surface area contributed by atoms with Crippen LogP contribution >= 0.6 is 0 Å². The van der Waals surface area contributed by atoms with Gasteiger partial charge in [-0.3, -0.25) is 24.2 Å². The van der Waals surface area contributed by atoms with Crippen molar-refractivity contribution in [3.05, 3.63) is 54.7 Å². The molecule has 4 aromatic rings. The summed E-state index contributed by atoms with van der Waals surface area (Å²) in [6.07, 6.45) is 6.95. The molecule has 0 aliphatic rings. The van der Waals surface area contributed by atoms with E-state index in [-0.39, 0.29) is 5.91 Å². The number of rotatable bonds is 4. The lowest BCUT2D eigenvalue weighted by molar-refractivity contribution is 0.102. The molecular weight excluding hydrogens is 332 g/mol. The predicted molar refractivity (Wildman–Crippen MR) is 95.2 cm³/mol. The minimum Gasteiger partial charge on any atom is -0.317 e. The van der Waals surface area contributed by atoms with Gasteiger partial charge < -0.3 is 5.32 Å². The number of anilines is 1. The van der Waals surface area contributed by atoms with Crippen molar-refractivity contribution < 1.29 is 4.79 Å². The molecule has 0 atom stereocenters. The van der Waals surface area contributed by atoms with Gasteiger partial charge in [0.25, 0.3) is 5.91 Å². The van der Waals surface area contributed by atoms with Gasteiger partial charge in [0.05, 0.1) is 23.3 Å². The van der Waals surface area contributed by atoms with Gasteiger partial charge in [-0.1, -0.05) is 6.07 Å². The number of aromatic nitrogens is 7. The summed E-state index contributed by atoms with van der Waals surface area (Å²) in [5.74, 6) is -0.308. The molecule has 0 unspecified atom stereocenters. The van der Waals surface area contributed by atoms with Crippen molar-refractivity contribution in [1.82, 2.24) is 34.7 Å². The van der Waals surface area contributed by atoms with Crippen LogP contribution < -0.4 is 5.32 Å². The van der Waals surface area contributed by atoms with E-state index in [2.05, 4.69) is 30.7 Å². The largest absolute Gasteiger partial charge is 0.317 e. The fourth-order valence-corrected chi connectivity index (χ4v) is 2.60. The molecule has 0 aliphatic heterocycles. The van der Waals surface area contributed by atoms with Crippen LogP contribution in [0.25, 0.3) is 22.6 Å². The normalized spacial score (nSPS) is 10.8. The van der Waals surface area contributed by atoms with Crippen LogP contribution in [0, 0.1) is 0 Å². The minimum atomic E-state index is -0.308. The molecule has 0 aromatic carbocycles. The summed E-state index contributed by atoms with van der Waals surface area (Å²) in [5.41, 5.74) is 3.70. The molecule has 1 amide bonds. The predicted octanol–water partition coefficient (Wildman–Crippen LogP) is 1.86. The number of hydrogen-bond donors (Lipinski definition) is 2. The van der Waals surface area contributed by atoms with Gasteiger partial charge in [-0.05, 0) is 18.2 Å². The highest BCUT2D eigenvalue weighted by molar-refractivity contribution is 6.05. The Labute approximate surface area is 148 Å². The third-order valence-electron chi connectivity index (χ3n) is 3.81. The van der Waals surface area contributed by atoms with E-state index in [1.165, 1.54) is 0 Å². The quantitative estimate of drug-likeness (QED) is 0.585. The van der Waals surface area contributed by atoms with Crippen molar-refractivity contribution in [2.75, 3.05) is 5.32 Å². The molecule has 0 fully saturated rings. The lowest BCUT2D eigenvalue weighted by Gasteiger charge is -2.03. The van der Waals surface area contributed by atoms with Crippen LogP contribution in [0.2, 0.25) is 0 Å². The Hall–Kier alpha value is -3.75. The topological polar surface area (TPSA) is 106 Å². The first-order valence-electron chi connectivity index (χ1n) is 7.91. The maximum Gasteiger partial charge on any atom is 0.273 e. The average Bonchev–Trinajstić information content (AvgIpc) is 3.35. The van der Waals surface area contributed by atoms with Gasteiger partial charge in [-0.15, -0.1) is 0 Å². The monoisotopic (exact) mass is 348 g/mol. The second-order valence-electron chi connectivity index (χ2n) is 5.80. The molecular formula is C17H16N8O. The molecule has 0 bridgehead atoms. The summed E-state index contributed by atoms with van der Waals surface area (Å²) in [6, 6.07) is 7.23. The summed E-state index contributed by atoms with van der Waals surface area (Å²) in [7, 11) is 3.62. The second-order valence-corrected chi connectivity index (χ2v) is 5.80. The van der Waals surface area contributed by atoms with Gasteiger partial charge in [-0.2, -0.15) is 15.3 Å². The molecule has 9 nitrogen and oxygen atoms in total. The summed E-state index contributed by atoms with van der Waals surface area (Å²) >= 11 is 0. The lowest BCUT2D eigenvalue weighted by atomic mass is 10.2. The third-order valence-corrected chi connectivity index (χ3v) is 3.81. The maximum absolute atomic E-state index is 12.6. The van der Waals surface area contributed by atoms with Crippen molar-refractivity contribution >= 4 is 11.6 Å². The molecule has 0 saturated carbocycles. The molecule has 4 heterocycles. The number of aromatic amines is 1. The third kappa shape index (κ3) is 2.97. The summed E-state index contributed by atoms with van der Waals surface area (Å²) in [5, 5.41) is 18.3. The number of nitrogens with zero attached hydrogens (tertiary/aromatic N) is 6. The van der Waals surface area contributed by atoms with E-state index in [1.807, 2.05) is 31.4 Å². The van der Waals surface area contributed by atoms with E-state index in [1.54, 1.807) is 41.1 Å². The van der Waals surface area contributed by atoms with Gasteiger partial charge in [0.2, 0.25) is 0 Å². The van der Waals surface area contributed by atoms with Crippen LogP contribution in [-0.2, 0) is 14.1 Å². The minimum absolute atomic E-state index is 0.308. The summed E-state index contributed by atoms with van der Waals surface area (Å²) < 4.78 is 3.31. The Morgan fingerprint density at radius 2 is 2.04 bits per heavy atom. The Bertz CT molecular complexity index is 1060. The Kier molecular flexibility index (Phi) is 3.81. The van der Waals surface area contributed by atoms with Crippen LogP contribution in [0.3, 0.4) is 0 Å². The van der Waals surface area contributed by atoms with Crippen LogP contribution in [0.5, 0.6) is 0 Å². The van der Waals surface area contributed by atoms with E-state index in [9.17, 15) is 4.79 Å². The highest BCUT2D eigenvalue weighted by atomic mass is 16.2. The molecule has 9 heteroatoms. The maximum atomic E-state index is 12.6. The molecule has 0 spiro atoms. The van der Waals surface area contributed by atoms with Crippen molar-refractivity contribution in [2.45, 2.75) is 0 Å². The fourth-order valence-electron chi connectivity index (χ4n) is 2.60. The zero-order valence-electron chi connectivity index (χ0n) is 14.2. The number of nitrogens with one attached hydrogen (secondary N) is 2. The number of aryl methyl sites for hydroxylation is 2. The molecule has 4 rings (SSSR count). The van der Waals surface area contributed by atoms with E-state index < -0.39 is 0 Å². The van der Waals surface area contributed by atoms with Crippen LogP contribution in [0.1, 0.15) is 10.5 Å². The molecule has 26 heavy (non-hydrogen) atoms. The second kappa shape index (κ2) is 6.28. The molecule has 130 valence electrons. The summed E-state index contributed by atoms with van der Waals surface area (Å²) in [4.78, 5) is 16.9. The first-order valence-corrected chi connectivity index (χ1v) is 7.91. The van der Waals surface area contributed by atoms with Crippen LogP contribution in [-0.4, -0.2) is 40.6 Å². The average molecular weight is 348 g/mol. The van der Waals surface area contributed by atoms with Crippen molar-refractivity contribution in [1.29, 1.82) is 0 Å². The highest BCUT2D eigenvalue weighted by Gasteiger charge is 2.17. The van der Waals surface area contributed by atoms with Crippen molar-refractivity contribution in [3.63, 3.8) is 0 Å². The van der Waals surface area contributed by atoms with Crippen molar-refractivity contribution in [3.8, 4) is 22.6 Å². The van der Waals surface area contributed by atoms with E-state index >= 15 is 0 Å². The number of carbonyl (C=O) groups excluding carboxylic acids is 1. The van der Waals surface area contributed by atoms with Crippen LogP contribution in [0.4, 0.5) is 5.69 Å². The molecule has 0 radical (unpaired) electrons. The number of hydrogen-bond acceptors (Lipinski definition) is 5. The van der Waals surface area contributed by atoms with E-state index in [0.29, 0.717) is 28.5 Å². The van der Waals surface area contributed by atoms with Crippen molar-refractivity contribution in [2.24, 2.45) is 14.1 Å². The first-order chi connectivity index (χ1) is 12.6. The first kappa shape index (κ1) is 15.8. The smallest absolute Gasteiger partial charge is 0.273 e. The highest BCUT2D eigenvalue weighted by Crippen LogP contribution is 2.25. The zero-order valence-corrected chi connectivity index (χ0v) is 14.2. The number of carbonyl (C=O) groups is 1. The number of H-pyrrole nitrogens is 1. The molecule has 0 saturated heterocycles. The van der Waals surface area contributed by atoms with Gasteiger partial charge in [0, 0.05) is 38.2 Å². The lowest BCUT2D eigenvalue weighted by Crippen LogP contribution is -2.12. The van der Waals surface area contributed by atoms with Gasteiger partial charge in [0.15, 0.2) is 0 Å². The van der Waals surface area contributed by atoms with E-state index in [0.717, 1.165) is 5.56 Å². The molecule has 4 aromatic heterocycles. The molecule has 2 N–H and O–H groups in total. The summed E-state index contributed by atoms with van der Waals surface area (Å²) in [6.45, 7) is 0. The van der Waals surface area contributed by atoms with E-state index in [4.69, 9.17) is 0 Å². The van der Waals surface area contributed by atoms with Gasteiger partial charge in [0.1, 0.15) is 11.4 Å². The Balaban J connectivity index is 1.59. The Morgan fingerprint density at radius 3 is 2.77 bits per heavy atom. The molecule has 0 aliphatic carbocycles. The Morgan fingerprint density at radius 1 is 1.15 bits per heavy atom.